The second kappa shape index (κ2) is 6.86. The van der Waals surface area contributed by atoms with Crippen molar-refractivity contribution < 1.29 is 9.59 Å². The van der Waals surface area contributed by atoms with Gasteiger partial charge in [-0.2, -0.15) is 5.10 Å². The molecule has 1 aliphatic rings. The second-order valence-corrected chi connectivity index (χ2v) is 6.23. The molecular formula is C18H22N4O2. The van der Waals surface area contributed by atoms with Crippen LogP contribution in [0, 0.1) is 6.92 Å². The Kier molecular flexibility index (Phi) is 4.64. The zero-order valence-electron chi connectivity index (χ0n) is 14.0. The number of aryl methyl sites for hydroxylation is 1. The van der Waals surface area contributed by atoms with Gasteiger partial charge >= 0.3 is 0 Å². The SMILES string of the molecule is CNC(=O)C[C@H]1CN(C(=O)Cc2ccc(C)cc2)Cc2ccnn21. The van der Waals surface area contributed by atoms with Gasteiger partial charge < -0.3 is 10.2 Å². The summed E-state index contributed by atoms with van der Waals surface area (Å²) in [5.74, 6) is 0.0301. The summed E-state index contributed by atoms with van der Waals surface area (Å²) in [5, 5.41) is 6.95. The fourth-order valence-corrected chi connectivity index (χ4v) is 3.04. The predicted molar refractivity (Wildman–Crippen MR) is 90.2 cm³/mol. The highest BCUT2D eigenvalue weighted by Crippen LogP contribution is 2.23. The van der Waals surface area contributed by atoms with Gasteiger partial charge in [-0.3, -0.25) is 14.3 Å². The molecule has 3 rings (SSSR count). The van der Waals surface area contributed by atoms with E-state index in [0.29, 0.717) is 25.9 Å². The van der Waals surface area contributed by atoms with E-state index < -0.39 is 0 Å². The standard InChI is InChI=1S/C18H22N4O2/c1-13-3-5-14(6-4-13)9-18(24)21-11-15-7-8-20-22(15)16(12-21)10-17(23)19-2/h3-8,16H,9-12H2,1-2H3,(H,19,23)/t16-/m0/s1. The van der Waals surface area contributed by atoms with Crippen LogP contribution in [0.5, 0.6) is 0 Å². The zero-order valence-corrected chi connectivity index (χ0v) is 14.0. The monoisotopic (exact) mass is 326 g/mol. The summed E-state index contributed by atoms with van der Waals surface area (Å²) in [5.41, 5.74) is 3.15. The highest BCUT2D eigenvalue weighted by molar-refractivity contribution is 5.79. The van der Waals surface area contributed by atoms with Crippen molar-refractivity contribution >= 4 is 11.8 Å². The second-order valence-electron chi connectivity index (χ2n) is 6.23. The van der Waals surface area contributed by atoms with Gasteiger partial charge in [0.15, 0.2) is 0 Å². The van der Waals surface area contributed by atoms with Crippen LogP contribution in [-0.4, -0.2) is 40.1 Å². The molecule has 0 saturated carbocycles. The lowest BCUT2D eigenvalue weighted by Gasteiger charge is -2.33. The fraction of sp³-hybridized carbons (Fsp3) is 0.389. The predicted octanol–water partition coefficient (Wildman–Crippen LogP) is 1.45. The van der Waals surface area contributed by atoms with E-state index in [2.05, 4.69) is 10.4 Å². The third kappa shape index (κ3) is 3.48. The van der Waals surface area contributed by atoms with Gasteiger partial charge in [-0.15, -0.1) is 0 Å². The first kappa shape index (κ1) is 16.2. The van der Waals surface area contributed by atoms with Gasteiger partial charge in [-0.05, 0) is 18.6 Å². The number of carbonyl (C=O) groups excluding carboxylic acids is 2. The Labute approximate surface area is 141 Å². The normalized spacial score (nSPS) is 16.6. The first-order valence-electron chi connectivity index (χ1n) is 8.13. The van der Waals surface area contributed by atoms with Gasteiger partial charge in [0.1, 0.15) is 0 Å². The number of fused-ring (bicyclic) bond motifs is 1. The van der Waals surface area contributed by atoms with Crippen LogP contribution in [0.4, 0.5) is 0 Å². The van der Waals surface area contributed by atoms with E-state index in [4.69, 9.17) is 0 Å². The molecule has 0 spiro atoms. The van der Waals surface area contributed by atoms with Crippen LogP contribution in [0.3, 0.4) is 0 Å². The van der Waals surface area contributed by atoms with Crippen LogP contribution in [0.1, 0.15) is 29.3 Å². The van der Waals surface area contributed by atoms with Crippen molar-refractivity contribution in [3.8, 4) is 0 Å². The first-order chi connectivity index (χ1) is 11.6. The third-order valence-electron chi connectivity index (χ3n) is 4.41. The van der Waals surface area contributed by atoms with E-state index in [1.807, 2.05) is 46.8 Å². The van der Waals surface area contributed by atoms with E-state index in [1.165, 1.54) is 5.56 Å². The number of nitrogens with zero attached hydrogens (tertiary/aromatic N) is 3. The van der Waals surface area contributed by atoms with Crippen molar-refractivity contribution in [3.05, 3.63) is 53.3 Å². The quantitative estimate of drug-likeness (QED) is 0.925. The minimum Gasteiger partial charge on any atom is -0.359 e. The molecule has 6 nitrogen and oxygen atoms in total. The van der Waals surface area contributed by atoms with Crippen LogP contribution < -0.4 is 5.32 Å². The summed E-state index contributed by atoms with van der Waals surface area (Å²) in [6.45, 7) is 3.07. The molecule has 24 heavy (non-hydrogen) atoms. The Bertz CT molecular complexity index is 736. The summed E-state index contributed by atoms with van der Waals surface area (Å²) in [7, 11) is 1.62. The minimum absolute atomic E-state index is 0.0470. The maximum absolute atomic E-state index is 12.7. The lowest BCUT2D eigenvalue weighted by molar-refractivity contribution is -0.133. The smallest absolute Gasteiger partial charge is 0.227 e. The van der Waals surface area contributed by atoms with Crippen molar-refractivity contribution in [1.82, 2.24) is 20.0 Å². The average molecular weight is 326 g/mol. The molecule has 2 amide bonds. The molecule has 1 atom stereocenters. The van der Waals surface area contributed by atoms with Gasteiger partial charge in [0.25, 0.3) is 0 Å². The van der Waals surface area contributed by atoms with Gasteiger partial charge in [0, 0.05) is 19.8 Å². The Morgan fingerprint density at radius 3 is 2.71 bits per heavy atom. The number of nitrogens with one attached hydrogen (secondary N) is 1. The molecule has 0 saturated heterocycles. The lowest BCUT2D eigenvalue weighted by atomic mass is 10.1. The lowest BCUT2D eigenvalue weighted by Crippen LogP contribution is -2.43. The molecule has 0 aliphatic carbocycles. The zero-order chi connectivity index (χ0) is 17.1. The molecule has 0 unspecified atom stereocenters. The van der Waals surface area contributed by atoms with Crippen LogP contribution in [0.15, 0.2) is 36.5 Å². The van der Waals surface area contributed by atoms with E-state index in [0.717, 1.165) is 11.3 Å². The van der Waals surface area contributed by atoms with E-state index in [9.17, 15) is 9.59 Å². The number of benzene rings is 1. The summed E-state index contributed by atoms with van der Waals surface area (Å²) in [6.07, 6.45) is 2.42. The highest BCUT2D eigenvalue weighted by Gasteiger charge is 2.29. The van der Waals surface area contributed by atoms with E-state index >= 15 is 0 Å². The Hall–Kier alpha value is -2.63. The third-order valence-corrected chi connectivity index (χ3v) is 4.41. The van der Waals surface area contributed by atoms with E-state index in [1.54, 1.807) is 13.2 Å². The topological polar surface area (TPSA) is 67.2 Å². The number of amides is 2. The van der Waals surface area contributed by atoms with Crippen molar-refractivity contribution in [3.63, 3.8) is 0 Å². The number of aromatic nitrogens is 2. The minimum atomic E-state index is -0.120. The van der Waals surface area contributed by atoms with Crippen molar-refractivity contribution in [2.75, 3.05) is 13.6 Å². The van der Waals surface area contributed by atoms with Crippen molar-refractivity contribution in [2.45, 2.75) is 32.4 Å². The molecular weight excluding hydrogens is 304 g/mol. The van der Waals surface area contributed by atoms with Gasteiger partial charge in [-0.1, -0.05) is 29.8 Å². The highest BCUT2D eigenvalue weighted by atomic mass is 16.2. The Morgan fingerprint density at radius 2 is 2.00 bits per heavy atom. The van der Waals surface area contributed by atoms with Gasteiger partial charge in [-0.25, -0.2) is 0 Å². The summed E-state index contributed by atoms with van der Waals surface area (Å²) < 4.78 is 1.87. The molecule has 1 aromatic heterocycles. The average Bonchev–Trinajstić information content (AvgIpc) is 3.05. The number of hydrogen-bond donors (Lipinski definition) is 1. The Balaban J connectivity index is 1.73. The summed E-state index contributed by atoms with van der Waals surface area (Å²) in [4.78, 5) is 26.3. The molecule has 1 N–H and O–H groups in total. The maximum atomic E-state index is 12.7. The van der Waals surface area contributed by atoms with Gasteiger partial charge in [0.05, 0.1) is 31.1 Å². The van der Waals surface area contributed by atoms with Crippen LogP contribution in [-0.2, 0) is 22.6 Å². The van der Waals surface area contributed by atoms with Crippen molar-refractivity contribution in [2.24, 2.45) is 0 Å². The molecule has 2 aromatic rings. The summed E-state index contributed by atoms with van der Waals surface area (Å²) >= 11 is 0. The summed E-state index contributed by atoms with van der Waals surface area (Å²) in [6, 6.07) is 9.80. The van der Waals surface area contributed by atoms with E-state index in [-0.39, 0.29) is 17.9 Å². The molecule has 126 valence electrons. The largest absolute Gasteiger partial charge is 0.359 e. The molecule has 6 heteroatoms. The molecule has 1 aromatic carbocycles. The molecule has 0 radical (unpaired) electrons. The molecule has 0 fully saturated rings. The molecule has 2 heterocycles. The van der Waals surface area contributed by atoms with Crippen LogP contribution in [0.2, 0.25) is 0 Å². The van der Waals surface area contributed by atoms with Crippen LogP contribution in [0.25, 0.3) is 0 Å². The maximum Gasteiger partial charge on any atom is 0.227 e. The molecule has 0 bridgehead atoms. The number of rotatable bonds is 4. The fourth-order valence-electron chi connectivity index (χ4n) is 3.04. The Morgan fingerprint density at radius 1 is 1.25 bits per heavy atom. The number of carbonyl (C=O) groups is 2. The molecule has 1 aliphatic heterocycles. The van der Waals surface area contributed by atoms with Crippen LogP contribution >= 0.6 is 0 Å². The first-order valence-corrected chi connectivity index (χ1v) is 8.13. The number of hydrogen-bond acceptors (Lipinski definition) is 3. The van der Waals surface area contributed by atoms with Crippen molar-refractivity contribution in [1.29, 1.82) is 0 Å². The van der Waals surface area contributed by atoms with Gasteiger partial charge in [0.2, 0.25) is 11.8 Å².